The number of aryl methyl sites for hydroxylation is 1. The highest BCUT2D eigenvalue weighted by Gasteiger charge is 2.27. The van der Waals surface area contributed by atoms with Crippen molar-refractivity contribution in [3.63, 3.8) is 0 Å². The van der Waals surface area contributed by atoms with E-state index < -0.39 is 0 Å². The number of hydrogen-bond donors (Lipinski definition) is 2. The highest BCUT2D eigenvalue weighted by Crippen LogP contribution is 2.20. The zero-order valence-electron chi connectivity index (χ0n) is 14.5. The van der Waals surface area contributed by atoms with Gasteiger partial charge in [0.15, 0.2) is 0 Å². The lowest BCUT2D eigenvalue weighted by molar-refractivity contribution is 0.0641. The van der Waals surface area contributed by atoms with Gasteiger partial charge in [0.25, 0.3) is 5.91 Å². The van der Waals surface area contributed by atoms with Crippen molar-refractivity contribution in [3.8, 4) is 0 Å². The largest absolute Gasteiger partial charge is 0.330 e. The number of rotatable bonds is 4. The summed E-state index contributed by atoms with van der Waals surface area (Å²) < 4.78 is 0. The number of carbonyl (C=O) groups excluding carboxylic acids is 1. The highest BCUT2D eigenvalue weighted by molar-refractivity contribution is 5.95. The molecule has 6 nitrogen and oxygen atoms in total. The second-order valence-corrected chi connectivity index (χ2v) is 6.48. The van der Waals surface area contributed by atoms with Crippen LogP contribution in [0, 0.1) is 6.92 Å². The number of hydrogen-bond acceptors (Lipinski definition) is 4. The molecule has 25 heavy (non-hydrogen) atoms. The molecule has 132 valence electrons. The monoisotopic (exact) mass is 340 g/mol. The van der Waals surface area contributed by atoms with Gasteiger partial charge in [0.1, 0.15) is 0 Å². The highest BCUT2D eigenvalue weighted by atomic mass is 16.2. The van der Waals surface area contributed by atoms with E-state index in [4.69, 9.17) is 0 Å². The summed E-state index contributed by atoms with van der Waals surface area (Å²) in [7, 11) is 0. The van der Waals surface area contributed by atoms with Crippen LogP contribution in [-0.4, -0.2) is 39.9 Å². The number of nitrogens with zero attached hydrogens (tertiary/aromatic N) is 2. The predicted octanol–water partition coefficient (Wildman–Crippen LogP) is 1.86. The maximum Gasteiger partial charge on any atom is 0.256 e. The van der Waals surface area contributed by atoms with Crippen LogP contribution in [0.1, 0.15) is 40.9 Å². The van der Waals surface area contributed by atoms with Crippen LogP contribution in [0.5, 0.6) is 0 Å². The molecule has 6 heteroatoms. The smallest absolute Gasteiger partial charge is 0.256 e. The number of H-pyrrole nitrogens is 1. The fraction of sp³-hybridized carbons (Fsp3) is 0.421. The second-order valence-electron chi connectivity index (χ2n) is 6.48. The van der Waals surface area contributed by atoms with Gasteiger partial charge in [-0.15, -0.1) is 0 Å². The zero-order valence-corrected chi connectivity index (χ0v) is 14.5. The minimum atomic E-state index is -0.191. The molecule has 0 radical (unpaired) electrons. The second kappa shape index (κ2) is 8.07. The first kappa shape index (κ1) is 17.4. The summed E-state index contributed by atoms with van der Waals surface area (Å²) in [5.74, 6) is -0.0497. The fourth-order valence-electron chi connectivity index (χ4n) is 3.30. The summed E-state index contributed by atoms with van der Waals surface area (Å²) in [6, 6.07) is 7.38. The average molecular weight is 340 g/mol. The first-order valence-electron chi connectivity index (χ1n) is 8.76. The summed E-state index contributed by atoms with van der Waals surface area (Å²) in [4.78, 5) is 33.6. The summed E-state index contributed by atoms with van der Waals surface area (Å²) in [5, 5.41) is 3.39. The van der Waals surface area contributed by atoms with E-state index in [1.54, 1.807) is 13.1 Å². The minimum Gasteiger partial charge on any atom is -0.330 e. The van der Waals surface area contributed by atoms with Crippen molar-refractivity contribution in [3.05, 3.63) is 63.8 Å². The Hall–Kier alpha value is -2.47. The molecule has 2 N–H and O–H groups in total. The number of nitrogens with one attached hydrogen (secondary N) is 2. The number of aromatic amines is 1. The molecule has 1 saturated heterocycles. The molecule has 0 spiro atoms. The van der Waals surface area contributed by atoms with Crippen molar-refractivity contribution in [1.82, 2.24) is 20.2 Å². The Morgan fingerprint density at radius 3 is 2.96 bits per heavy atom. The normalized spacial score (nSPS) is 17.7. The molecule has 1 amide bonds. The third kappa shape index (κ3) is 4.33. The third-order valence-corrected chi connectivity index (χ3v) is 4.67. The molecule has 1 aliphatic heterocycles. The summed E-state index contributed by atoms with van der Waals surface area (Å²) in [5.41, 5.74) is 1.93. The van der Waals surface area contributed by atoms with Gasteiger partial charge in [0.2, 0.25) is 5.56 Å². The molecule has 0 unspecified atom stereocenters. The molecule has 3 rings (SSSR count). The number of pyridine rings is 2. The Labute approximate surface area is 147 Å². The first-order chi connectivity index (χ1) is 12.1. The van der Waals surface area contributed by atoms with Crippen molar-refractivity contribution in [2.24, 2.45) is 0 Å². The van der Waals surface area contributed by atoms with Gasteiger partial charge in [-0.3, -0.25) is 14.6 Å². The molecule has 1 atom stereocenters. The van der Waals surface area contributed by atoms with Gasteiger partial charge in [0.05, 0.1) is 17.8 Å². The number of aromatic nitrogens is 2. The average Bonchev–Trinajstić information content (AvgIpc) is 2.89. The van der Waals surface area contributed by atoms with Crippen LogP contribution in [0.3, 0.4) is 0 Å². The van der Waals surface area contributed by atoms with E-state index in [0.717, 1.165) is 38.0 Å². The maximum atomic E-state index is 13.2. The topological polar surface area (TPSA) is 78.1 Å². The quantitative estimate of drug-likeness (QED) is 0.890. The van der Waals surface area contributed by atoms with Crippen LogP contribution >= 0.6 is 0 Å². The van der Waals surface area contributed by atoms with Gasteiger partial charge in [-0.2, -0.15) is 0 Å². The van der Waals surface area contributed by atoms with Crippen molar-refractivity contribution >= 4 is 5.91 Å². The van der Waals surface area contributed by atoms with Crippen molar-refractivity contribution in [1.29, 1.82) is 0 Å². The summed E-state index contributed by atoms with van der Waals surface area (Å²) in [6.07, 6.45) is 6.20. The molecule has 0 aromatic carbocycles. The van der Waals surface area contributed by atoms with E-state index in [2.05, 4.69) is 15.3 Å². The Kier molecular flexibility index (Phi) is 5.60. The SMILES string of the molecule is Cc1cc(=O)[nH]cc1C(=O)N(Cc1ccccn1)[C@@H]1CCCNCC1. The van der Waals surface area contributed by atoms with Gasteiger partial charge in [-0.1, -0.05) is 6.07 Å². The fourth-order valence-corrected chi connectivity index (χ4v) is 3.30. The van der Waals surface area contributed by atoms with Crippen LogP contribution in [-0.2, 0) is 6.54 Å². The van der Waals surface area contributed by atoms with Gasteiger partial charge in [0, 0.05) is 24.5 Å². The van der Waals surface area contributed by atoms with Crippen molar-refractivity contribution < 1.29 is 4.79 Å². The third-order valence-electron chi connectivity index (χ3n) is 4.67. The molecule has 2 aromatic rings. The summed E-state index contributed by atoms with van der Waals surface area (Å²) >= 11 is 0. The summed E-state index contributed by atoms with van der Waals surface area (Å²) in [6.45, 7) is 4.17. The molecule has 0 bridgehead atoms. The molecule has 3 heterocycles. The lowest BCUT2D eigenvalue weighted by Crippen LogP contribution is -2.41. The van der Waals surface area contributed by atoms with Crippen LogP contribution < -0.4 is 10.9 Å². The minimum absolute atomic E-state index is 0.0497. The van der Waals surface area contributed by atoms with Crippen LogP contribution in [0.4, 0.5) is 0 Å². The van der Waals surface area contributed by atoms with E-state index in [1.807, 2.05) is 23.1 Å². The van der Waals surface area contributed by atoms with E-state index in [9.17, 15) is 9.59 Å². The van der Waals surface area contributed by atoms with Crippen molar-refractivity contribution in [2.75, 3.05) is 13.1 Å². The molecule has 1 fully saturated rings. The number of amides is 1. The Morgan fingerprint density at radius 2 is 2.20 bits per heavy atom. The van der Waals surface area contributed by atoms with E-state index >= 15 is 0 Å². The molecule has 1 aliphatic rings. The standard InChI is InChI=1S/C19H24N4O2/c1-14-11-18(24)22-12-17(14)19(25)23(13-15-5-2-3-9-21-15)16-6-4-8-20-10-7-16/h2-3,5,9,11-12,16,20H,4,6-8,10,13H2,1H3,(H,22,24)/t16-/m1/s1. The zero-order chi connectivity index (χ0) is 17.6. The molecular weight excluding hydrogens is 316 g/mol. The van der Waals surface area contributed by atoms with Crippen LogP contribution in [0.2, 0.25) is 0 Å². The maximum absolute atomic E-state index is 13.2. The van der Waals surface area contributed by atoms with Gasteiger partial charge < -0.3 is 15.2 Å². The van der Waals surface area contributed by atoms with Gasteiger partial charge in [-0.25, -0.2) is 0 Å². The number of carbonyl (C=O) groups is 1. The van der Waals surface area contributed by atoms with Gasteiger partial charge in [-0.05, 0) is 57.0 Å². The first-order valence-corrected chi connectivity index (χ1v) is 8.76. The lowest BCUT2D eigenvalue weighted by Gasteiger charge is -2.31. The Balaban J connectivity index is 1.91. The lowest BCUT2D eigenvalue weighted by atomic mass is 10.0. The van der Waals surface area contributed by atoms with Crippen LogP contribution in [0.15, 0.2) is 41.5 Å². The molecule has 0 aliphatic carbocycles. The Morgan fingerprint density at radius 1 is 1.32 bits per heavy atom. The predicted molar refractivity (Wildman–Crippen MR) is 96.4 cm³/mol. The van der Waals surface area contributed by atoms with E-state index in [0.29, 0.717) is 17.7 Å². The Bertz CT molecular complexity index is 764. The van der Waals surface area contributed by atoms with Gasteiger partial charge >= 0.3 is 0 Å². The van der Waals surface area contributed by atoms with E-state index in [-0.39, 0.29) is 17.5 Å². The van der Waals surface area contributed by atoms with Crippen LogP contribution in [0.25, 0.3) is 0 Å². The molecular formula is C19H24N4O2. The molecule has 0 saturated carbocycles. The van der Waals surface area contributed by atoms with Crippen molar-refractivity contribution in [2.45, 2.75) is 38.8 Å². The van der Waals surface area contributed by atoms with E-state index in [1.165, 1.54) is 12.3 Å². The molecule has 2 aromatic heterocycles.